The molecule has 30 heavy (non-hydrogen) atoms. The average molecular weight is 444 g/mol. The maximum Gasteiger partial charge on any atom is 0.416 e. The zero-order valence-corrected chi connectivity index (χ0v) is 18.1. The van der Waals surface area contributed by atoms with Gasteiger partial charge in [-0.1, -0.05) is 26.0 Å². The summed E-state index contributed by atoms with van der Waals surface area (Å²) >= 11 is 1.61. The molecule has 1 aromatic carbocycles. The monoisotopic (exact) mass is 443 g/mol. The van der Waals surface area contributed by atoms with Gasteiger partial charge in [0.2, 0.25) is 11.8 Å². The van der Waals surface area contributed by atoms with Crippen molar-refractivity contribution in [3.8, 4) is 0 Å². The number of carbonyl (C=O) groups excluding carboxylic acids is 2. The van der Waals surface area contributed by atoms with E-state index in [1.165, 1.54) is 12.1 Å². The highest BCUT2D eigenvalue weighted by atomic mass is 32.2. The molecule has 5 nitrogen and oxygen atoms in total. The van der Waals surface area contributed by atoms with Crippen LogP contribution in [0.3, 0.4) is 0 Å². The summed E-state index contributed by atoms with van der Waals surface area (Å²) < 4.78 is 38.1. The maximum absolute atomic E-state index is 13.0. The molecule has 2 saturated heterocycles. The van der Waals surface area contributed by atoms with Crippen molar-refractivity contribution in [2.24, 2.45) is 5.92 Å². The third-order valence-electron chi connectivity index (χ3n) is 5.86. The molecule has 3 rings (SSSR count). The van der Waals surface area contributed by atoms with E-state index >= 15 is 0 Å². The molecule has 2 fully saturated rings. The summed E-state index contributed by atoms with van der Waals surface area (Å²) in [6.07, 6.45) is -3.57. The molecule has 2 atom stereocenters. The minimum Gasteiger partial charge on any atom is -0.338 e. The minimum absolute atomic E-state index is 0.00540. The van der Waals surface area contributed by atoms with Gasteiger partial charge in [-0.3, -0.25) is 14.5 Å². The van der Waals surface area contributed by atoms with Crippen molar-refractivity contribution in [3.05, 3.63) is 35.4 Å². The van der Waals surface area contributed by atoms with Gasteiger partial charge in [0.1, 0.15) is 6.04 Å². The van der Waals surface area contributed by atoms with Crippen LogP contribution in [0.1, 0.15) is 31.4 Å². The lowest BCUT2D eigenvalue weighted by Crippen LogP contribution is -2.55. The van der Waals surface area contributed by atoms with E-state index in [0.717, 1.165) is 24.1 Å². The number of rotatable bonds is 5. The Hall–Kier alpha value is -1.74. The van der Waals surface area contributed by atoms with Gasteiger partial charge in [0.05, 0.1) is 11.4 Å². The molecule has 0 spiro atoms. The molecule has 0 bridgehead atoms. The second-order valence-corrected chi connectivity index (χ2v) is 8.93. The van der Waals surface area contributed by atoms with Gasteiger partial charge in [0.15, 0.2) is 0 Å². The van der Waals surface area contributed by atoms with Crippen molar-refractivity contribution in [3.63, 3.8) is 0 Å². The number of thioether (sulfide) groups is 1. The van der Waals surface area contributed by atoms with E-state index in [1.807, 2.05) is 18.7 Å². The normalized spacial score (nSPS) is 21.7. The van der Waals surface area contributed by atoms with Crippen LogP contribution in [0, 0.1) is 5.92 Å². The SMILES string of the molecule is CC[C@H](C)C(=O)N1CSC[C@@H]1C(=O)N1CCN(Cc2ccc(C(F)(F)F)cc2)CC1. The summed E-state index contributed by atoms with van der Waals surface area (Å²) in [4.78, 5) is 31.3. The van der Waals surface area contributed by atoms with Crippen LogP contribution in [0.25, 0.3) is 0 Å². The molecule has 2 amide bonds. The fourth-order valence-corrected chi connectivity index (χ4v) is 4.87. The molecule has 9 heteroatoms. The number of hydrogen-bond acceptors (Lipinski definition) is 4. The lowest BCUT2D eigenvalue weighted by molar-refractivity contribution is -0.146. The molecule has 0 saturated carbocycles. The Morgan fingerprint density at radius 3 is 2.33 bits per heavy atom. The van der Waals surface area contributed by atoms with Crippen molar-refractivity contribution in [2.45, 2.75) is 39.0 Å². The van der Waals surface area contributed by atoms with Crippen molar-refractivity contribution >= 4 is 23.6 Å². The van der Waals surface area contributed by atoms with Crippen LogP contribution in [0.2, 0.25) is 0 Å². The molecule has 0 N–H and O–H groups in total. The van der Waals surface area contributed by atoms with E-state index in [-0.39, 0.29) is 17.7 Å². The molecule has 166 valence electrons. The molecule has 0 unspecified atom stereocenters. The topological polar surface area (TPSA) is 43.9 Å². The lowest BCUT2D eigenvalue weighted by atomic mass is 10.1. The Morgan fingerprint density at radius 1 is 1.13 bits per heavy atom. The Balaban J connectivity index is 1.52. The van der Waals surface area contributed by atoms with Crippen LogP contribution in [-0.2, 0) is 22.3 Å². The summed E-state index contributed by atoms with van der Waals surface area (Å²) in [5.74, 6) is 1.16. The molecule has 2 heterocycles. The van der Waals surface area contributed by atoms with Crippen LogP contribution >= 0.6 is 11.8 Å². The molecule has 2 aliphatic rings. The van der Waals surface area contributed by atoms with Crippen molar-refractivity contribution in [1.29, 1.82) is 0 Å². The van der Waals surface area contributed by atoms with Gasteiger partial charge in [0.25, 0.3) is 0 Å². The van der Waals surface area contributed by atoms with E-state index in [0.29, 0.717) is 44.4 Å². The number of nitrogens with zero attached hydrogens (tertiary/aromatic N) is 3. The predicted octanol–water partition coefficient (Wildman–Crippen LogP) is 3.30. The fraction of sp³-hybridized carbons (Fsp3) is 0.619. The van der Waals surface area contributed by atoms with Gasteiger partial charge in [-0.2, -0.15) is 13.2 Å². The Kier molecular flexibility index (Phi) is 7.34. The van der Waals surface area contributed by atoms with Gasteiger partial charge >= 0.3 is 6.18 Å². The van der Waals surface area contributed by atoms with Crippen LogP contribution in [0.15, 0.2) is 24.3 Å². The summed E-state index contributed by atoms with van der Waals surface area (Å²) in [5.41, 5.74) is 0.174. The van der Waals surface area contributed by atoms with Gasteiger partial charge in [-0.05, 0) is 24.1 Å². The quantitative estimate of drug-likeness (QED) is 0.701. The summed E-state index contributed by atoms with van der Waals surface area (Å²) in [6, 6.07) is 4.84. The second-order valence-electron chi connectivity index (χ2n) is 7.93. The molecule has 1 aromatic rings. The standard InChI is InChI=1S/C21H28F3N3O2S/c1-3-15(2)19(28)27-14-30-13-18(27)20(29)26-10-8-25(9-11-26)12-16-4-6-17(7-5-16)21(22,23)24/h4-7,15,18H,3,8-14H2,1-2H3/t15-,18+/m0/s1. The number of carbonyl (C=O) groups is 2. The first-order chi connectivity index (χ1) is 14.2. The second kappa shape index (κ2) is 9.60. The number of piperazine rings is 1. The Bertz CT molecular complexity index is 749. The predicted molar refractivity (Wildman–Crippen MR) is 111 cm³/mol. The van der Waals surface area contributed by atoms with Crippen LogP contribution in [-0.4, -0.2) is 70.4 Å². The average Bonchev–Trinajstić information content (AvgIpc) is 3.22. The van der Waals surface area contributed by atoms with Gasteiger partial charge in [-0.15, -0.1) is 11.8 Å². The Labute approximate surface area is 179 Å². The number of halogens is 3. The number of amides is 2. The smallest absolute Gasteiger partial charge is 0.338 e. The zero-order chi connectivity index (χ0) is 21.9. The maximum atomic E-state index is 13.0. The number of hydrogen-bond donors (Lipinski definition) is 0. The molecular formula is C21H28F3N3O2S. The van der Waals surface area contributed by atoms with E-state index in [9.17, 15) is 22.8 Å². The molecule has 0 radical (unpaired) electrons. The summed E-state index contributed by atoms with van der Waals surface area (Å²) in [7, 11) is 0. The Morgan fingerprint density at radius 2 is 1.77 bits per heavy atom. The number of benzene rings is 1. The third-order valence-corrected chi connectivity index (χ3v) is 6.87. The molecule has 2 aliphatic heterocycles. The highest BCUT2D eigenvalue weighted by Gasteiger charge is 2.38. The van der Waals surface area contributed by atoms with Crippen molar-refractivity contribution in [1.82, 2.24) is 14.7 Å². The van der Waals surface area contributed by atoms with E-state index in [2.05, 4.69) is 4.90 Å². The lowest BCUT2D eigenvalue weighted by Gasteiger charge is -2.37. The highest BCUT2D eigenvalue weighted by Crippen LogP contribution is 2.29. The highest BCUT2D eigenvalue weighted by molar-refractivity contribution is 7.99. The van der Waals surface area contributed by atoms with Gasteiger partial charge in [-0.25, -0.2) is 0 Å². The zero-order valence-electron chi connectivity index (χ0n) is 17.3. The molecule has 0 aliphatic carbocycles. The van der Waals surface area contributed by atoms with E-state index < -0.39 is 17.8 Å². The van der Waals surface area contributed by atoms with Crippen LogP contribution in [0.4, 0.5) is 13.2 Å². The summed E-state index contributed by atoms with van der Waals surface area (Å²) in [6.45, 7) is 6.86. The number of alkyl halides is 3. The first kappa shape index (κ1) is 22.9. The fourth-order valence-electron chi connectivity index (χ4n) is 3.72. The van der Waals surface area contributed by atoms with Crippen LogP contribution in [0.5, 0.6) is 0 Å². The minimum atomic E-state index is -4.33. The van der Waals surface area contributed by atoms with Crippen molar-refractivity contribution in [2.75, 3.05) is 37.8 Å². The largest absolute Gasteiger partial charge is 0.416 e. The molecular weight excluding hydrogens is 415 g/mol. The summed E-state index contributed by atoms with van der Waals surface area (Å²) in [5, 5.41) is 0. The van der Waals surface area contributed by atoms with Crippen molar-refractivity contribution < 1.29 is 22.8 Å². The van der Waals surface area contributed by atoms with E-state index in [4.69, 9.17) is 0 Å². The first-order valence-electron chi connectivity index (χ1n) is 10.3. The van der Waals surface area contributed by atoms with Gasteiger partial charge in [0, 0.05) is 44.4 Å². The van der Waals surface area contributed by atoms with Gasteiger partial charge < -0.3 is 9.80 Å². The van der Waals surface area contributed by atoms with Crippen LogP contribution < -0.4 is 0 Å². The third kappa shape index (κ3) is 5.29. The van der Waals surface area contributed by atoms with E-state index in [1.54, 1.807) is 16.7 Å². The molecule has 0 aromatic heterocycles. The first-order valence-corrected chi connectivity index (χ1v) is 11.4.